The molecule has 0 saturated carbocycles. The summed E-state index contributed by atoms with van der Waals surface area (Å²) in [4.78, 5) is 14.4. The topological polar surface area (TPSA) is 50.2 Å². The van der Waals surface area contributed by atoms with Gasteiger partial charge in [0.1, 0.15) is 6.54 Å². The van der Waals surface area contributed by atoms with Crippen molar-refractivity contribution < 1.29 is 18.0 Å². The van der Waals surface area contributed by atoms with Crippen molar-refractivity contribution in [3.63, 3.8) is 0 Å². The number of hydrogen-bond donors (Lipinski definition) is 1. The number of hydrogen-bond acceptors (Lipinski definition) is 2. The minimum Gasteiger partial charge on any atom is -0.334 e. The van der Waals surface area contributed by atoms with Crippen LogP contribution in [0.4, 0.5) is 18.0 Å². The summed E-state index contributed by atoms with van der Waals surface area (Å²) in [5.41, 5.74) is 4.07. The predicted octanol–water partition coefficient (Wildman–Crippen LogP) is 4.11. The molecule has 1 aromatic heterocycles. The normalized spacial score (nSPS) is 17.4. The molecule has 1 fully saturated rings. The van der Waals surface area contributed by atoms with Crippen LogP contribution in [0.1, 0.15) is 41.1 Å². The van der Waals surface area contributed by atoms with Gasteiger partial charge in [-0.25, -0.2) is 4.79 Å². The molecule has 5 nitrogen and oxygen atoms in total. The fourth-order valence-electron chi connectivity index (χ4n) is 3.51. The molecule has 0 aliphatic carbocycles. The van der Waals surface area contributed by atoms with Crippen LogP contribution in [0.25, 0.3) is 0 Å². The minimum atomic E-state index is -4.32. The van der Waals surface area contributed by atoms with Crippen molar-refractivity contribution in [3.05, 3.63) is 52.8 Å². The van der Waals surface area contributed by atoms with Gasteiger partial charge >= 0.3 is 12.2 Å². The lowest BCUT2D eigenvalue weighted by Crippen LogP contribution is -2.39. The van der Waals surface area contributed by atoms with Crippen LogP contribution in [-0.2, 0) is 13.1 Å². The number of urea groups is 1. The lowest BCUT2D eigenvalue weighted by Gasteiger charge is -2.27. The van der Waals surface area contributed by atoms with Gasteiger partial charge in [0.05, 0.1) is 12.2 Å². The van der Waals surface area contributed by atoms with Gasteiger partial charge in [-0.3, -0.25) is 4.68 Å². The van der Waals surface area contributed by atoms with E-state index < -0.39 is 12.7 Å². The molecule has 0 bridgehead atoms. The molecule has 2 aromatic rings. The Hall–Kier alpha value is -2.51. The van der Waals surface area contributed by atoms with Gasteiger partial charge in [-0.2, -0.15) is 18.3 Å². The van der Waals surface area contributed by atoms with Crippen molar-refractivity contribution in [2.45, 2.75) is 52.0 Å². The van der Waals surface area contributed by atoms with Crippen LogP contribution in [-0.4, -0.2) is 33.4 Å². The quantitative estimate of drug-likeness (QED) is 0.868. The van der Waals surface area contributed by atoms with Crippen LogP contribution >= 0.6 is 0 Å². The summed E-state index contributed by atoms with van der Waals surface area (Å²) in [6, 6.07) is 5.93. The third kappa shape index (κ3) is 4.61. The van der Waals surface area contributed by atoms with Crippen molar-refractivity contribution in [1.29, 1.82) is 0 Å². The van der Waals surface area contributed by atoms with E-state index in [4.69, 9.17) is 0 Å². The maximum Gasteiger partial charge on any atom is 0.408 e. The average Bonchev–Trinajstić information content (AvgIpc) is 3.23. The fourth-order valence-corrected chi connectivity index (χ4v) is 3.51. The molecule has 2 heterocycles. The number of nitrogens with zero attached hydrogens (tertiary/aromatic N) is 3. The Balaban J connectivity index is 1.63. The molecule has 1 aliphatic heterocycles. The van der Waals surface area contributed by atoms with Crippen LogP contribution in [0.2, 0.25) is 0 Å². The highest BCUT2D eigenvalue weighted by molar-refractivity contribution is 5.75. The number of aryl methyl sites for hydroxylation is 1. The van der Waals surface area contributed by atoms with E-state index in [1.165, 1.54) is 23.5 Å². The van der Waals surface area contributed by atoms with Crippen LogP contribution in [0.3, 0.4) is 0 Å². The first kappa shape index (κ1) is 19.3. The Morgan fingerprint density at radius 1 is 1.33 bits per heavy atom. The Morgan fingerprint density at radius 3 is 2.85 bits per heavy atom. The van der Waals surface area contributed by atoms with Gasteiger partial charge in [-0.05, 0) is 43.4 Å². The van der Waals surface area contributed by atoms with Gasteiger partial charge in [0.15, 0.2) is 0 Å². The average molecular weight is 380 g/mol. The lowest BCUT2D eigenvalue weighted by atomic mass is 9.96. The van der Waals surface area contributed by atoms with Crippen molar-refractivity contribution in [2.24, 2.45) is 0 Å². The number of carbonyl (C=O) groups excluding carboxylic acids is 1. The van der Waals surface area contributed by atoms with E-state index >= 15 is 0 Å². The molecule has 8 heteroatoms. The van der Waals surface area contributed by atoms with E-state index in [0.29, 0.717) is 12.1 Å². The molecule has 146 valence electrons. The second-order valence-electron chi connectivity index (χ2n) is 6.96. The SMILES string of the molecule is Cc1cccc(C2CCCN2C(=O)NCc2cnn(CC(F)(F)F)c2)c1C. The van der Waals surface area contributed by atoms with E-state index in [2.05, 4.69) is 36.4 Å². The van der Waals surface area contributed by atoms with Crippen LogP contribution in [0, 0.1) is 13.8 Å². The summed E-state index contributed by atoms with van der Waals surface area (Å²) in [5.74, 6) is 0. The van der Waals surface area contributed by atoms with E-state index in [0.717, 1.165) is 23.1 Å². The lowest BCUT2D eigenvalue weighted by molar-refractivity contribution is -0.142. The molecule has 27 heavy (non-hydrogen) atoms. The molecule has 3 rings (SSSR count). The zero-order chi connectivity index (χ0) is 19.6. The zero-order valence-electron chi connectivity index (χ0n) is 15.4. The molecule has 1 atom stereocenters. The zero-order valence-corrected chi connectivity index (χ0v) is 15.4. The summed E-state index contributed by atoms with van der Waals surface area (Å²) in [7, 11) is 0. The van der Waals surface area contributed by atoms with Crippen molar-refractivity contribution in [2.75, 3.05) is 6.54 Å². The fraction of sp³-hybridized carbons (Fsp3) is 0.474. The number of benzene rings is 1. The Labute approximate surface area is 156 Å². The third-order valence-corrected chi connectivity index (χ3v) is 4.99. The summed E-state index contributed by atoms with van der Waals surface area (Å²) < 4.78 is 38.0. The number of carbonyl (C=O) groups is 1. The standard InChI is InChI=1S/C19H23F3N4O/c1-13-5-3-6-16(14(13)2)17-7-4-8-26(17)18(27)23-9-15-10-24-25(11-15)12-19(20,21)22/h3,5-6,10-11,17H,4,7-9,12H2,1-2H3,(H,23,27). The number of likely N-dealkylation sites (tertiary alicyclic amines) is 1. The molecule has 1 aliphatic rings. The number of halogens is 3. The van der Waals surface area contributed by atoms with Gasteiger partial charge in [0.25, 0.3) is 0 Å². The Morgan fingerprint density at radius 2 is 2.11 bits per heavy atom. The maximum absolute atomic E-state index is 12.6. The monoisotopic (exact) mass is 380 g/mol. The van der Waals surface area contributed by atoms with E-state index in [9.17, 15) is 18.0 Å². The second kappa shape index (κ2) is 7.62. The summed E-state index contributed by atoms with van der Waals surface area (Å²) in [6.07, 6.45) is 0.162. The number of nitrogens with one attached hydrogen (secondary N) is 1. The van der Waals surface area contributed by atoms with Gasteiger partial charge < -0.3 is 10.2 Å². The first-order valence-electron chi connectivity index (χ1n) is 8.93. The maximum atomic E-state index is 12.6. The molecule has 1 unspecified atom stereocenters. The van der Waals surface area contributed by atoms with Gasteiger partial charge in [-0.1, -0.05) is 18.2 Å². The van der Waals surface area contributed by atoms with Crippen LogP contribution < -0.4 is 5.32 Å². The van der Waals surface area contributed by atoms with Crippen molar-refractivity contribution in [1.82, 2.24) is 20.0 Å². The first-order chi connectivity index (χ1) is 12.7. The second-order valence-corrected chi connectivity index (χ2v) is 6.96. The highest BCUT2D eigenvalue weighted by Crippen LogP contribution is 2.34. The summed E-state index contributed by atoms with van der Waals surface area (Å²) in [5, 5.41) is 6.50. The molecule has 1 aromatic carbocycles. The minimum absolute atomic E-state index is 0.0258. The van der Waals surface area contributed by atoms with E-state index in [-0.39, 0.29) is 18.6 Å². The third-order valence-electron chi connectivity index (χ3n) is 4.99. The highest BCUT2D eigenvalue weighted by atomic mass is 19.4. The summed E-state index contributed by atoms with van der Waals surface area (Å²) >= 11 is 0. The van der Waals surface area contributed by atoms with Gasteiger partial charge in [0, 0.05) is 24.8 Å². The number of alkyl halides is 3. The molecular formula is C19H23F3N4O. The predicted molar refractivity (Wildman–Crippen MR) is 95.1 cm³/mol. The summed E-state index contributed by atoms with van der Waals surface area (Å²) in [6.45, 7) is 3.79. The van der Waals surface area contributed by atoms with Crippen LogP contribution in [0.5, 0.6) is 0 Å². The van der Waals surface area contributed by atoms with Crippen molar-refractivity contribution in [3.8, 4) is 0 Å². The van der Waals surface area contributed by atoms with Gasteiger partial charge in [-0.15, -0.1) is 0 Å². The molecule has 2 amide bonds. The molecular weight excluding hydrogens is 357 g/mol. The van der Waals surface area contributed by atoms with Gasteiger partial charge in [0.2, 0.25) is 0 Å². The first-order valence-corrected chi connectivity index (χ1v) is 8.93. The Kier molecular flexibility index (Phi) is 5.43. The number of aromatic nitrogens is 2. The van der Waals surface area contributed by atoms with Crippen LogP contribution in [0.15, 0.2) is 30.6 Å². The number of rotatable bonds is 4. The molecule has 0 spiro atoms. The molecule has 1 saturated heterocycles. The van der Waals surface area contributed by atoms with E-state index in [1.807, 2.05) is 11.0 Å². The number of amides is 2. The largest absolute Gasteiger partial charge is 0.408 e. The Bertz CT molecular complexity index is 816. The van der Waals surface area contributed by atoms with E-state index in [1.54, 1.807) is 0 Å². The molecule has 1 N–H and O–H groups in total. The van der Waals surface area contributed by atoms with Crippen molar-refractivity contribution >= 4 is 6.03 Å². The highest BCUT2D eigenvalue weighted by Gasteiger charge is 2.31. The smallest absolute Gasteiger partial charge is 0.334 e. The molecule has 0 radical (unpaired) electrons.